The predicted octanol–water partition coefficient (Wildman–Crippen LogP) is 3.24. The maximum atomic E-state index is 5.13. The second-order valence-corrected chi connectivity index (χ2v) is 3.95. The van der Waals surface area contributed by atoms with Crippen LogP contribution in [0.1, 0.15) is 18.4 Å². The van der Waals surface area contributed by atoms with Crippen LogP contribution in [0.15, 0.2) is 18.2 Å². The molecule has 0 N–H and O–H groups in total. The highest BCUT2D eigenvalue weighted by atomic mass is 127. The molecule has 1 rings (SSSR count). The zero-order chi connectivity index (χ0) is 9.14. The maximum Gasteiger partial charge on any atom is 0.119 e. The second kappa shape index (κ2) is 4.12. The summed E-state index contributed by atoms with van der Waals surface area (Å²) in [5, 5.41) is 0. The summed E-state index contributed by atoms with van der Waals surface area (Å²) in [7, 11) is 1.68. The molecule has 1 radical (unpaired) electrons. The molecule has 12 heavy (non-hydrogen) atoms. The molecule has 0 bridgehead atoms. The Balaban J connectivity index is 3.08. The Morgan fingerprint density at radius 3 is 2.67 bits per heavy atom. The van der Waals surface area contributed by atoms with Crippen LogP contribution < -0.4 is 4.74 Å². The SMILES string of the molecule is [CH2]C(C)c1cc(OC)ccc1I. The molecule has 0 spiro atoms. The highest BCUT2D eigenvalue weighted by Crippen LogP contribution is 2.25. The van der Waals surface area contributed by atoms with Crippen molar-refractivity contribution in [1.82, 2.24) is 0 Å². The minimum atomic E-state index is 0.312. The number of rotatable bonds is 2. The molecule has 0 heterocycles. The first kappa shape index (κ1) is 9.84. The monoisotopic (exact) mass is 275 g/mol. The van der Waals surface area contributed by atoms with Gasteiger partial charge >= 0.3 is 0 Å². The largest absolute Gasteiger partial charge is 0.497 e. The van der Waals surface area contributed by atoms with Gasteiger partial charge in [-0.25, -0.2) is 0 Å². The summed E-state index contributed by atoms with van der Waals surface area (Å²) < 4.78 is 6.38. The van der Waals surface area contributed by atoms with E-state index >= 15 is 0 Å². The molecule has 0 fully saturated rings. The molecule has 0 saturated heterocycles. The van der Waals surface area contributed by atoms with Gasteiger partial charge in [0.1, 0.15) is 5.75 Å². The zero-order valence-electron chi connectivity index (χ0n) is 7.30. The Kier molecular flexibility index (Phi) is 3.38. The first-order chi connectivity index (χ1) is 5.65. The first-order valence-corrected chi connectivity index (χ1v) is 4.89. The number of hydrogen-bond acceptors (Lipinski definition) is 1. The summed E-state index contributed by atoms with van der Waals surface area (Å²) >= 11 is 2.31. The van der Waals surface area contributed by atoms with E-state index < -0.39 is 0 Å². The zero-order valence-corrected chi connectivity index (χ0v) is 9.46. The van der Waals surface area contributed by atoms with Crippen molar-refractivity contribution in [2.45, 2.75) is 12.8 Å². The van der Waals surface area contributed by atoms with Crippen LogP contribution in [0.2, 0.25) is 0 Å². The van der Waals surface area contributed by atoms with Gasteiger partial charge in [-0.2, -0.15) is 0 Å². The fourth-order valence-electron chi connectivity index (χ4n) is 1.03. The summed E-state index contributed by atoms with van der Waals surface area (Å²) in [6.07, 6.45) is 0. The average Bonchev–Trinajstić information content (AvgIpc) is 2.05. The third-order valence-electron chi connectivity index (χ3n) is 1.73. The third kappa shape index (κ3) is 2.12. The summed E-state index contributed by atoms with van der Waals surface area (Å²) in [5.74, 6) is 1.22. The van der Waals surface area contributed by atoms with Crippen molar-refractivity contribution in [3.63, 3.8) is 0 Å². The molecular formula is C10H12IO. The molecule has 2 heteroatoms. The fourth-order valence-corrected chi connectivity index (χ4v) is 1.89. The first-order valence-electron chi connectivity index (χ1n) is 3.81. The molecule has 1 atom stereocenters. The van der Waals surface area contributed by atoms with E-state index in [1.807, 2.05) is 12.1 Å². The second-order valence-electron chi connectivity index (χ2n) is 2.79. The standard InChI is InChI=1S/C10H12IO/c1-7(2)9-6-8(12-3)4-5-10(9)11/h4-7H,1H2,2-3H3. The van der Waals surface area contributed by atoms with Gasteiger partial charge in [0.25, 0.3) is 0 Å². The Morgan fingerprint density at radius 1 is 1.50 bits per heavy atom. The van der Waals surface area contributed by atoms with E-state index in [1.165, 1.54) is 9.13 Å². The van der Waals surface area contributed by atoms with Gasteiger partial charge in [0.05, 0.1) is 7.11 Å². The van der Waals surface area contributed by atoms with Gasteiger partial charge in [-0.1, -0.05) is 6.92 Å². The maximum absolute atomic E-state index is 5.13. The van der Waals surface area contributed by atoms with Crippen LogP contribution in [-0.2, 0) is 0 Å². The van der Waals surface area contributed by atoms with E-state index in [4.69, 9.17) is 4.74 Å². The van der Waals surface area contributed by atoms with Gasteiger partial charge in [-0.3, -0.25) is 0 Å². The van der Waals surface area contributed by atoms with Crippen LogP contribution in [0.25, 0.3) is 0 Å². The molecule has 0 amide bonds. The summed E-state index contributed by atoms with van der Waals surface area (Å²) in [6, 6.07) is 6.06. The van der Waals surface area contributed by atoms with Gasteiger partial charge < -0.3 is 4.74 Å². The minimum absolute atomic E-state index is 0.312. The van der Waals surface area contributed by atoms with Crippen LogP contribution in [0, 0.1) is 10.5 Å². The van der Waals surface area contributed by atoms with Gasteiger partial charge in [-0.05, 0) is 59.2 Å². The van der Waals surface area contributed by atoms with E-state index in [9.17, 15) is 0 Å². The van der Waals surface area contributed by atoms with Crippen molar-refractivity contribution < 1.29 is 4.74 Å². The van der Waals surface area contributed by atoms with E-state index in [0.717, 1.165) is 5.75 Å². The van der Waals surface area contributed by atoms with E-state index in [0.29, 0.717) is 5.92 Å². The summed E-state index contributed by atoms with van der Waals surface area (Å²) in [4.78, 5) is 0. The van der Waals surface area contributed by atoms with Crippen LogP contribution in [0.5, 0.6) is 5.75 Å². The van der Waals surface area contributed by atoms with E-state index in [1.54, 1.807) is 7.11 Å². The summed E-state index contributed by atoms with van der Waals surface area (Å²) in [5.41, 5.74) is 1.25. The van der Waals surface area contributed by atoms with E-state index in [2.05, 4.69) is 42.5 Å². The van der Waals surface area contributed by atoms with Gasteiger partial charge in [-0.15, -0.1) is 0 Å². The Morgan fingerprint density at radius 2 is 2.17 bits per heavy atom. The summed E-state index contributed by atoms with van der Waals surface area (Å²) in [6.45, 7) is 6.06. The fraction of sp³-hybridized carbons (Fsp3) is 0.300. The molecule has 0 aliphatic rings. The number of benzene rings is 1. The molecule has 1 nitrogen and oxygen atoms in total. The van der Waals surface area contributed by atoms with Gasteiger partial charge in [0, 0.05) is 3.57 Å². The topological polar surface area (TPSA) is 9.23 Å². The minimum Gasteiger partial charge on any atom is -0.497 e. The van der Waals surface area contributed by atoms with Crippen LogP contribution >= 0.6 is 22.6 Å². The lowest BCUT2D eigenvalue weighted by molar-refractivity contribution is 0.414. The highest BCUT2D eigenvalue weighted by molar-refractivity contribution is 14.1. The number of ether oxygens (including phenoxy) is 1. The van der Waals surface area contributed by atoms with Crippen LogP contribution in [-0.4, -0.2) is 7.11 Å². The highest BCUT2D eigenvalue weighted by Gasteiger charge is 2.05. The number of methoxy groups -OCH3 is 1. The smallest absolute Gasteiger partial charge is 0.119 e. The molecule has 1 aromatic carbocycles. The van der Waals surface area contributed by atoms with E-state index in [-0.39, 0.29) is 0 Å². The molecule has 1 aromatic rings. The quantitative estimate of drug-likeness (QED) is 0.753. The number of hydrogen-bond donors (Lipinski definition) is 0. The van der Waals surface area contributed by atoms with Crippen molar-refractivity contribution in [2.75, 3.05) is 7.11 Å². The van der Waals surface area contributed by atoms with Crippen LogP contribution in [0.3, 0.4) is 0 Å². The van der Waals surface area contributed by atoms with Crippen molar-refractivity contribution in [3.05, 3.63) is 34.3 Å². The molecule has 0 saturated carbocycles. The molecule has 0 aromatic heterocycles. The van der Waals surface area contributed by atoms with Crippen molar-refractivity contribution in [3.8, 4) is 5.75 Å². The van der Waals surface area contributed by atoms with Crippen molar-refractivity contribution in [2.24, 2.45) is 0 Å². The van der Waals surface area contributed by atoms with Gasteiger partial charge in [0.2, 0.25) is 0 Å². The number of halogens is 1. The normalized spacial score (nSPS) is 10.4. The van der Waals surface area contributed by atoms with Crippen molar-refractivity contribution in [1.29, 1.82) is 0 Å². The lowest BCUT2D eigenvalue weighted by atomic mass is 10.0. The molecule has 1 unspecified atom stereocenters. The predicted molar refractivity (Wildman–Crippen MR) is 59.5 cm³/mol. The average molecular weight is 275 g/mol. The lowest BCUT2D eigenvalue weighted by Gasteiger charge is -2.09. The van der Waals surface area contributed by atoms with Crippen LogP contribution in [0.4, 0.5) is 0 Å². The Bertz CT molecular complexity index is 269. The molecule has 0 aliphatic heterocycles. The Hall–Kier alpha value is -0.250. The molecule has 0 aliphatic carbocycles. The molecule has 65 valence electrons. The Labute approximate surface area is 87.3 Å². The third-order valence-corrected chi connectivity index (χ3v) is 2.72. The van der Waals surface area contributed by atoms with Gasteiger partial charge in [0.15, 0.2) is 0 Å². The molecular weight excluding hydrogens is 263 g/mol. The lowest BCUT2D eigenvalue weighted by Crippen LogP contribution is -1.93. The van der Waals surface area contributed by atoms with Crippen molar-refractivity contribution >= 4 is 22.6 Å².